The molecule has 0 aliphatic rings. The van der Waals surface area contributed by atoms with E-state index in [-0.39, 0.29) is 46.5 Å². The van der Waals surface area contributed by atoms with Gasteiger partial charge in [0.25, 0.3) is 0 Å². The molecule has 2 aromatic rings. The highest BCUT2D eigenvalue weighted by atomic mass is 35.5. The Hall–Kier alpha value is -1.97. The maximum Gasteiger partial charge on any atom is 0.307 e. The summed E-state index contributed by atoms with van der Waals surface area (Å²) in [4.78, 5) is 11.6. The zero-order chi connectivity index (χ0) is 18.6. The van der Waals surface area contributed by atoms with Gasteiger partial charge in [0.05, 0.1) is 11.4 Å². The van der Waals surface area contributed by atoms with Crippen LogP contribution in [0.4, 0.5) is 4.39 Å². The smallest absolute Gasteiger partial charge is 0.307 e. The fourth-order valence-corrected chi connectivity index (χ4v) is 3.69. The molecule has 0 radical (unpaired) electrons. The van der Waals surface area contributed by atoms with Crippen LogP contribution in [0, 0.1) is 19.7 Å². The van der Waals surface area contributed by atoms with E-state index in [1.165, 1.54) is 32.0 Å². The molecule has 1 N–H and O–H groups in total. The van der Waals surface area contributed by atoms with Crippen molar-refractivity contribution in [1.29, 1.82) is 0 Å². The van der Waals surface area contributed by atoms with Crippen molar-refractivity contribution >= 4 is 27.6 Å². The number of carbonyl (C=O) groups excluding carboxylic acids is 1. The molecular formula is C15H16ClFN2O5S. The molecule has 0 aliphatic carbocycles. The number of esters is 1. The quantitative estimate of drug-likeness (QED) is 0.729. The Morgan fingerprint density at radius 3 is 2.72 bits per heavy atom. The predicted octanol–water partition coefficient (Wildman–Crippen LogP) is 2.50. The van der Waals surface area contributed by atoms with E-state index in [0.29, 0.717) is 0 Å². The predicted molar refractivity (Wildman–Crippen MR) is 87.0 cm³/mol. The Bertz CT molecular complexity index is 842. The number of carbonyl (C=O) groups is 1. The zero-order valence-corrected chi connectivity index (χ0v) is 15.1. The summed E-state index contributed by atoms with van der Waals surface area (Å²) in [5.41, 5.74) is 0.288. The second-order valence-corrected chi connectivity index (χ2v) is 7.27. The minimum absolute atomic E-state index is 0.0565. The van der Waals surface area contributed by atoms with Crippen LogP contribution < -0.4 is 4.72 Å². The normalized spacial score (nSPS) is 11.5. The van der Waals surface area contributed by atoms with Crippen LogP contribution in [0.1, 0.15) is 23.4 Å². The third-order valence-electron chi connectivity index (χ3n) is 3.30. The van der Waals surface area contributed by atoms with E-state index < -0.39 is 21.8 Å². The Labute approximate surface area is 149 Å². The fourth-order valence-electron chi connectivity index (χ4n) is 2.11. The van der Waals surface area contributed by atoms with Crippen molar-refractivity contribution in [3.63, 3.8) is 0 Å². The molecule has 1 aromatic carbocycles. The van der Waals surface area contributed by atoms with Gasteiger partial charge in [-0.15, -0.1) is 0 Å². The first-order chi connectivity index (χ1) is 11.7. The van der Waals surface area contributed by atoms with Crippen LogP contribution in [0.25, 0.3) is 0 Å². The number of halogens is 2. The van der Waals surface area contributed by atoms with E-state index in [0.717, 1.165) is 0 Å². The lowest BCUT2D eigenvalue weighted by Gasteiger charge is -2.08. The lowest BCUT2D eigenvalue weighted by molar-refractivity contribution is -0.144. The van der Waals surface area contributed by atoms with Crippen LogP contribution in [-0.4, -0.2) is 26.1 Å². The highest BCUT2D eigenvalue weighted by molar-refractivity contribution is 7.89. The number of ether oxygens (including phenoxy) is 1. The van der Waals surface area contributed by atoms with Gasteiger partial charge < -0.3 is 9.26 Å². The van der Waals surface area contributed by atoms with E-state index in [2.05, 4.69) is 9.88 Å². The molecule has 0 unspecified atom stereocenters. The number of rotatable bonds is 7. The van der Waals surface area contributed by atoms with Crippen molar-refractivity contribution in [3.8, 4) is 0 Å². The maximum atomic E-state index is 13.6. The molecule has 10 heteroatoms. The first-order valence-corrected chi connectivity index (χ1v) is 9.09. The third kappa shape index (κ3) is 4.77. The van der Waals surface area contributed by atoms with Crippen LogP contribution >= 0.6 is 11.6 Å². The Morgan fingerprint density at radius 1 is 1.40 bits per heavy atom. The van der Waals surface area contributed by atoms with Crippen molar-refractivity contribution < 1.29 is 26.9 Å². The van der Waals surface area contributed by atoms with Gasteiger partial charge in [-0.25, -0.2) is 17.5 Å². The summed E-state index contributed by atoms with van der Waals surface area (Å²) in [7, 11) is -3.85. The fraction of sp³-hybridized carbons (Fsp3) is 0.333. The number of aromatic nitrogens is 1. The van der Waals surface area contributed by atoms with Gasteiger partial charge in [0, 0.05) is 12.1 Å². The SMILES string of the molecule is Cc1noc(C)c1S(=O)(=O)NCCC(=O)OCc1c(F)cccc1Cl. The molecule has 0 amide bonds. The molecule has 0 aliphatic heterocycles. The summed E-state index contributed by atoms with van der Waals surface area (Å²) in [6.45, 7) is 2.45. The second kappa shape index (κ2) is 7.94. The minimum atomic E-state index is -3.85. The average Bonchev–Trinajstić information content (AvgIpc) is 2.86. The summed E-state index contributed by atoms with van der Waals surface area (Å²) >= 11 is 5.83. The number of sulfonamides is 1. The standard InChI is InChI=1S/C15H16ClFN2O5S/c1-9-15(10(2)24-19-9)25(21,22)18-7-6-14(20)23-8-11-12(16)4-3-5-13(11)17/h3-5,18H,6-8H2,1-2H3. The summed E-state index contributed by atoms with van der Waals surface area (Å²) in [5.74, 6) is -1.12. The first-order valence-electron chi connectivity index (χ1n) is 7.23. The summed E-state index contributed by atoms with van der Waals surface area (Å²) in [6, 6.07) is 4.12. The highest BCUT2D eigenvalue weighted by Gasteiger charge is 2.24. The van der Waals surface area contributed by atoms with Gasteiger partial charge in [0.15, 0.2) is 5.76 Å². The summed E-state index contributed by atoms with van der Waals surface area (Å²) < 4.78 is 49.9. The van der Waals surface area contributed by atoms with Crippen molar-refractivity contribution in [2.24, 2.45) is 0 Å². The molecule has 1 aromatic heterocycles. The molecular weight excluding hydrogens is 375 g/mol. The third-order valence-corrected chi connectivity index (χ3v) is 5.36. The number of benzene rings is 1. The van der Waals surface area contributed by atoms with E-state index >= 15 is 0 Å². The zero-order valence-electron chi connectivity index (χ0n) is 13.5. The minimum Gasteiger partial charge on any atom is -0.461 e. The Balaban J connectivity index is 1.87. The number of nitrogens with one attached hydrogen (secondary N) is 1. The van der Waals surface area contributed by atoms with E-state index in [9.17, 15) is 17.6 Å². The van der Waals surface area contributed by atoms with Gasteiger partial charge >= 0.3 is 5.97 Å². The topological polar surface area (TPSA) is 98.5 Å². The van der Waals surface area contributed by atoms with Gasteiger partial charge in [-0.3, -0.25) is 4.79 Å². The van der Waals surface area contributed by atoms with Crippen molar-refractivity contribution in [2.45, 2.75) is 31.8 Å². The van der Waals surface area contributed by atoms with Crippen molar-refractivity contribution in [3.05, 3.63) is 46.1 Å². The van der Waals surface area contributed by atoms with Gasteiger partial charge in [-0.2, -0.15) is 0 Å². The molecule has 1 heterocycles. The lowest BCUT2D eigenvalue weighted by atomic mass is 10.2. The molecule has 0 bridgehead atoms. The molecule has 2 rings (SSSR count). The van der Waals surface area contributed by atoms with Crippen molar-refractivity contribution in [2.75, 3.05) is 6.54 Å². The largest absolute Gasteiger partial charge is 0.461 e. The first kappa shape index (κ1) is 19.4. The molecule has 0 saturated carbocycles. The number of aryl methyl sites for hydroxylation is 2. The lowest BCUT2D eigenvalue weighted by Crippen LogP contribution is -2.27. The van der Waals surface area contributed by atoms with E-state index in [1.807, 2.05) is 0 Å². The molecule has 136 valence electrons. The van der Waals surface area contributed by atoms with Gasteiger partial charge in [0.1, 0.15) is 23.0 Å². The second-order valence-electron chi connectivity index (χ2n) is 5.16. The van der Waals surface area contributed by atoms with Gasteiger partial charge in [-0.1, -0.05) is 22.8 Å². The number of hydrogen-bond acceptors (Lipinski definition) is 6. The monoisotopic (exact) mass is 390 g/mol. The molecule has 7 nitrogen and oxygen atoms in total. The van der Waals surface area contributed by atoms with Crippen LogP contribution in [-0.2, 0) is 26.2 Å². The van der Waals surface area contributed by atoms with Crippen LogP contribution in [0.2, 0.25) is 5.02 Å². The van der Waals surface area contributed by atoms with Crippen LogP contribution in [0.5, 0.6) is 0 Å². The van der Waals surface area contributed by atoms with E-state index in [4.69, 9.17) is 20.9 Å². The Morgan fingerprint density at radius 2 is 2.12 bits per heavy atom. The number of hydrogen-bond donors (Lipinski definition) is 1. The molecule has 0 atom stereocenters. The maximum absolute atomic E-state index is 13.6. The van der Waals surface area contributed by atoms with Crippen molar-refractivity contribution in [1.82, 2.24) is 9.88 Å². The Kier molecular flexibility index (Phi) is 6.15. The van der Waals surface area contributed by atoms with Crippen LogP contribution in [0.3, 0.4) is 0 Å². The summed E-state index contributed by atoms with van der Waals surface area (Å²) in [5, 5.41) is 3.72. The molecule has 25 heavy (non-hydrogen) atoms. The highest BCUT2D eigenvalue weighted by Crippen LogP contribution is 2.20. The number of nitrogens with zero attached hydrogens (tertiary/aromatic N) is 1. The molecule has 0 fully saturated rings. The average molecular weight is 391 g/mol. The van der Waals surface area contributed by atoms with Crippen LogP contribution in [0.15, 0.2) is 27.6 Å². The van der Waals surface area contributed by atoms with Gasteiger partial charge in [0.2, 0.25) is 10.0 Å². The van der Waals surface area contributed by atoms with Gasteiger partial charge in [-0.05, 0) is 26.0 Å². The summed E-state index contributed by atoms with van der Waals surface area (Å²) in [6.07, 6.45) is -0.228. The molecule has 0 saturated heterocycles. The molecule has 0 spiro atoms. The van der Waals surface area contributed by atoms with E-state index in [1.54, 1.807) is 0 Å².